The van der Waals surface area contributed by atoms with E-state index in [0.29, 0.717) is 0 Å². The van der Waals surface area contributed by atoms with Crippen LogP contribution < -0.4 is 0 Å². The van der Waals surface area contributed by atoms with E-state index in [0.717, 1.165) is 36.4 Å². The van der Waals surface area contributed by atoms with Gasteiger partial charge in [-0.15, -0.1) is 12.4 Å². The normalized spacial score (nSPS) is 17.0. The Balaban J connectivity index is 0.00000208. The minimum atomic E-state index is 0. The molecule has 2 aromatic heterocycles. The molecule has 4 nitrogen and oxygen atoms in total. The van der Waals surface area contributed by atoms with Gasteiger partial charge >= 0.3 is 0 Å². The smallest absolute Gasteiger partial charge is 0.171 e. The van der Waals surface area contributed by atoms with Crippen LogP contribution in [0.4, 0.5) is 0 Å². The van der Waals surface area contributed by atoms with Gasteiger partial charge in [-0.05, 0) is 44.0 Å². The standard InChI is InChI=1S/C19H27N3O.ClH/c1-14(2)18-17(16-9-5-8-12-22(16)20-18)19(23)15(3)13-21-10-6-4-7-11-21;/h5,8-9,12,14-15H,4,6-7,10-11,13H2,1-3H3;1H. The van der Waals surface area contributed by atoms with E-state index >= 15 is 0 Å². The summed E-state index contributed by atoms with van der Waals surface area (Å²) in [6, 6.07) is 5.93. The quantitative estimate of drug-likeness (QED) is 0.760. The Bertz CT molecular complexity index is 689. The van der Waals surface area contributed by atoms with E-state index in [2.05, 4.69) is 30.8 Å². The molecule has 1 fully saturated rings. The lowest BCUT2D eigenvalue weighted by Crippen LogP contribution is -2.36. The molecule has 1 saturated heterocycles. The van der Waals surface area contributed by atoms with Gasteiger partial charge in [0.1, 0.15) is 0 Å². The van der Waals surface area contributed by atoms with Crippen LogP contribution in [0.25, 0.3) is 5.52 Å². The first-order chi connectivity index (χ1) is 11.1. The van der Waals surface area contributed by atoms with Gasteiger partial charge in [0.2, 0.25) is 0 Å². The van der Waals surface area contributed by atoms with Crippen molar-refractivity contribution in [3.8, 4) is 0 Å². The first kappa shape index (κ1) is 18.9. The van der Waals surface area contributed by atoms with E-state index < -0.39 is 0 Å². The highest BCUT2D eigenvalue weighted by molar-refractivity contribution is 6.05. The van der Waals surface area contributed by atoms with Gasteiger partial charge in [-0.25, -0.2) is 4.52 Å². The molecule has 3 heterocycles. The largest absolute Gasteiger partial charge is 0.303 e. The topological polar surface area (TPSA) is 37.6 Å². The van der Waals surface area contributed by atoms with E-state index in [9.17, 15) is 4.79 Å². The van der Waals surface area contributed by atoms with Crippen LogP contribution in [0.5, 0.6) is 0 Å². The molecule has 1 aliphatic heterocycles. The Labute approximate surface area is 150 Å². The number of nitrogens with zero attached hydrogens (tertiary/aromatic N) is 3. The van der Waals surface area contributed by atoms with Crippen LogP contribution in [-0.2, 0) is 0 Å². The number of rotatable bonds is 5. The fourth-order valence-electron chi connectivity index (χ4n) is 3.53. The molecule has 3 rings (SSSR count). The Morgan fingerprint density at radius 2 is 1.88 bits per heavy atom. The van der Waals surface area contributed by atoms with Gasteiger partial charge in [0.05, 0.1) is 16.8 Å². The second-order valence-corrected chi connectivity index (χ2v) is 7.07. The summed E-state index contributed by atoms with van der Waals surface area (Å²) in [6.07, 6.45) is 5.77. The summed E-state index contributed by atoms with van der Waals surface area (Å²) in [6.45, 7) is 9.39. The van der Waals surface area contributed by atoms with Crippen LogP contribution in [-0.4, -0.2) is 39.9 Å². The number of hydrogen-bond acceptors (Lipinski definition) is 3. The zero-order valence-corrected chi connectivity index (χ0v) is 15.7. The molecular formula is C19H28ClN3O. The number of hydrogen-bond donors (Lipinski definition) is 0. The van der Waals surface area contributed by atoms with Gasteiger partial charge in [-0.1, -0.05) is 33.3 Å². The summed E-state index contributed by atoms with van der Waals surface area (Å²) >= 11 is 0. The van der Waals surface area contributed by atoms with E-state index in [4.69, 9.17) is 0 Å². The summed E-state index contributed by atoms with van der Waals surface area (Å²) in [5, 5.41) is 4.64. The molecule has 24 heavy (non-hydrogen) atoms. The van der Waals surface area contributed by atoms with Crippen LogP contribution in [0.1, 0.15) is 62.0 Å². The molecule has 5 heteroatoms. The van der Waals surface area contributed by atoms with Crippen molar-refractivity contribution >= 4 is 23.7 Å². The Morgan fingerprint density at radius 1 is 1.17 bits per heavy atom. The average Bonchev–Trinajstić information content (AvgIpc) is 2.94. The second-order valence-electron chi connectivity index (χ2n) is 7.07. The van der Waals surface area contributed by atoms with Gasteiger partial charge < -0.3 is 4.90 Å². The molecule has 0 aromatic carbocycles. The highest BCUT2D eigenvalue weighted by atomic mass is 35.5. The third-order valence-corrected chi connectivity index (χ3v) is 4.79. The van der Waals surface area contributed by atoms with Crippen molar-refractivity contribution in [2.75, 3.05) is 19.6 Å². The lowest BCUT2D eigenvalue weighted by Gasteiger charge is -2.28. The Morgan fingerprint density at radius 3 is 2.54 bits per heavy atom. The van der Waals surface area contributed by atoms with Gasteiger partial charge in [0, 0.05) is 18.7 Å². The van der Waals surface area contributed by atoms with Crippen LogP contribution in [0.3, 0.4) is 0 Å². The van der Waals surface area contributed by atoms with Crippen LogP contribution in [0, 0.1) is 5.92 Å². The molecule has 0 N–H and O–H groups in total. The number of piperidine rings is 1. The number of Topliss-reactive ketones (excluding diaryl/α,β-unsaturated/α-hetero) is 1. The molecule has 0 amide bonds. The fraction of sp³-hybridized carbons (Fsp3) is 0.579. The number of likely N-dealkylation sites (tertiary alicyclic amines) is 1. The van der Waals surface area contributed by atoms with E-state index in [1.54, 1.807) is 0 Å². The molecule has 0 saturated carbocycles. The minimum absolute atomic E-state index is 0. The van der Waals surface area contributed by atoms with Crippen molar-refractivity contribution in [3.05, 3.63) is 35.7 Å². The van der Waals surface area contributed by atoms with Crippen molar-refractivity contribution in [2.45, 2.75) is 46.0 Å². The third-order valence-electron chi connectivity index (χ3n) is 4.79. The van der Waals surface area contributed by atoms with Crippen molar-refractivity contribution in [1.29, 1.82) is 0 Å². The number of carbonyl (C=O) groups excluding carboxylic acids is 1. The summed E-state index contributed by atoms with van der Waals surface area (Å²) in [5.41, 5.74) is 2.68. The Hall–Kier alpha value is -1.39. The summed E-state index contributed by atoms with van der Waals surface area (Å²) in [5.74, 6) is 0.496. The molecular weight excluding hydrogens is 322 g/mol. The summed E-state index contributed by atoms with van der Waals surface area (Å²) in [4.78, 5) is 15.6. The molecule has 0 spiro atoms. The molecule has 1 unspecified atom stereocenters. The zero-order valence-electron chi connectivity index (χ0n) is 14.9. The fourth-order valence-corrected chi connectivity index (χ4v) is 3.53. The molecule has 0 aliphatic carbocycles. The van der Waals surface area contributed by atoms with E-state index in [-0.39, 0.29) is 30.0 Å². The van der Waals surface area contributed by atoms with Crippen LogP contribution >= 0.6 is 12.4 Å². The number of aromatic nitrogens is 2. The maximum absolute atomic E-state index is 13.1. The number of fused-ring (bicyclic) bond motifs is 1. The lowest BCUT2D eigenvalue weighted by molar-refractivity contribution is 0.0884. The predicted octanol–water partition coefficient (Wildman–Crippen LogP) is 4.18. The van der Waals surface area contributed by atoms with E-state index in [1.165, 1.54) is 19.3 Å². The maximum atomic E-state index is 13.1. The van der Waals surface area contributed by atoms with Gasteiger partial charge in [-0.3, -0.25) is 4.79 Å². The van der Waals surface area contributed by atoms with Crippen LogP contribution in [0.15, 0.2) is 24.4 Å². The van der Waals surface area contributed by atoms with Gasteiger partial charge in [0.15, 0.2) is 5.78 Å². The van der Waals surface area contributed by atoms with Crippen molar-refractivity contribution < 1.29 is 4.79 Å². The highest BCUT2D eigenvalue weighted by Crippen LogP contribution is 2.26. The molecule has 2 aromatic rings. The van der Waals surface area contributed by atoms with Crippen LogP contribution in [0.2, 0.25) is 0 Å². The van der Waals surface area contributed by atoms with Crippen molar-refractivity contribution in [2.24, 2.45) is 5.92 Å². The minimum Gasteiger partial charge on any atom is -0.303 e. The molecule has 1 atom stereocenters. The third kappa shape index (κ3) is 3.81. The summed E-state index contributed by atoms with van der Waals surface area (Å²) < 4.78 is 1.84. The lowest BCUT2D eigenvalue weighted by atomic mass is 9.93. The van der Waals surface area contributed by atoms with E-state index in [1.807, 2.05) is 28.9 Å². The number of pyridine rings is 1. The predicted molar refractivity (Wildman–Crippen MR) is 100 cm³/mol. The first-order valence-corrected chi connectivity index (χ1v) is 8.81. The van der Waals surface area contributed by atoms with Gasteiger partial charge in [-0.2, -0.15) is 5.10 Å². The average molecular weight is 350 g/mol. The Kier molecular flexibility index (Phi) is 6.41. The highest BCUT2D eigenvalue weighted by Gasteiger charge is 2.26. The molecule has 0 radical (unpaired) electrons. The zero-order chi connectivity index (χ0) is 16.4. The number of carbonyl (C=O) groups is 1. The monoisotopic (exact) mass is 349 g/mol. The molecule has 0 bridgehead atoms. The second kappa shape index (κ2) is 8.13. The molecule has 132 valence electrons. The number of ketones is 1. The SMILES string of the molecule is CC(CN1CCCCC1)C(=O)c1c(C(C)C)nn2ccccc12.Cl. The van der Waals surface area contributed by atoms with Crippen molar-refractivity contribution in [1.82, 2.24) is 14.5 Å². The maximum Gasteiger partial charge on any atom is 0.171 e. The number of halogens is 1. The van der Waals surface area contributed by atoms with Crippen molar-refractivity contribution in [3.63, 3.8) is 0 Å². The van der Waals surface area contributed by atoms with Gasteiger partial charge in [0.25, 0.3) is 0 Å². The summed E-state index contributed by atoms with van der Waals surface area (Å²) in [7, 11) is 0. The first-order valence-electron chi connectivity index (χ1n) is 8.81. The molecule has 1 aliphatic rings.